The van der Waals surface area contributed by atoms with Gasteiger partial charge in [-0.05, 0) is 26.3 Å². The van der Waals surface area contributed by atoms with E-state index in [4.69, 9.17) is 4.74 Å². The summed E-state index contributed by atoms with van der Waals surface area (Å²) >= 11 is 3.61. The molecule has 0 aliphatic carbocycles. The highest BCUT2D eigenvalue weighted by molar-refractivity contribution is 8.00. The van der Waals surface area contributed by atoms with Crippen molar-refractivity contribution in [1.29, 1.82) is 0 Å². The average Bonchev–Trinajstić information content (AvgIpc) is 2.68. The number of aromatic nitrogens is 1. The lowest BCUT2D eigenvalue weighted by Crippen LogP contribution is -2.20. The first-order chi connectivity index (χ1) is 7.83. The molecule has 16 heavy (non-hydrogen) atoms. The highest BCUT2D eigenvalue weighted by atomic mass is 32.2. The molecule has 0 aromatic carbocycles. The molecule has 0 radical (unpaired) electrons. The van der Waals surface area contributed by atoms with Crippen LogP contribution in [0, 0.1) is 6.92 Å². The number of ether oxygens (including phenoxy) is 1. The lowest BCUT2D eigenvalue weighted by Gasteiger charge is -2.03. The van der Waals surface area contributed by atoms with Gasteiger partial charge in [0.25, 0.3) is 0 Å². The number of rotatable bonds is 9. The maximum absolute atomic E-state index is 4.96. The van der Waals surface area contributed by atoms with Gasteiger partial charge in [0.15, 0.2) is 0 Å². The molecule has 0 atom stereocenters. The van der Waals surface area contributed by atoms with Crippen LogP contribution in [0.25, 0.3) is 0 Å². The Morgan fingerprint density at radius 3 is 3.00 bits per heavy atom. The number of unbranched alkanes of at least 4 members (excludes halogenated alkanes) is 1. The summed E-state index contributed by atoms with van der Waals surface area (Å²) in [4.78, 5) is 4.42. The number of methoxy groups -OCH3 is 1. The molecule has 0 aliphatic rings. The molecule has 1 aromatic heterocycles. The second-order valence-electron chi connectivity index (χ2n) is 3.55. The van der Waals surface area contributed by atoms with Crippen LogP contribution in [-0.4, -0.2) is 37.5 Å². The number of nitrogens with one attached hydrogen (secondary N) is 1. The minimum Gasteiger partial charge on any atom is -0.383 e. The summed E-state index contributed by atoms with van der Waals surface area (Å²) in [5.74, 6) is 1.17. The Bertz CT molecular complexity index is 279. The van der Waals surface area contributed by atoms with Crippen LogP contribution < -0.4 is 5.32 Å². The maximum Gasteiger partial charge on any atom is 0.150 e. The molecule has 1 heterocycles. The molecule has 0 unspecified atom stereocenters. The fourth-order valence-corrected chi connectivity index (χ4v) is 3.13. The van der Waals surface area contributed by atoms with Gasteiger partial charge in [-0.1, -0.05) is 11.8 Å². The first-order valence-electron chi connectivity index (χ1n) is 5.57. The minimum atomic E-state index is 0.799. The topological polar surface area (TPSA) is 34.1 Å². The van der Waals surface area contributed by atoms with E-state index >= 15 is 0 Å². The molecule has 92 valence electrons. The summed E-state index contributed by atoms with van der Waals surface area (Å²) in [5, 5.41) is 5.45. The second-order valence-corrected chi connectivity index (χ2v) is 5.75. The summed E-state index contributed by atoms with van der Waals surface area (Å²) < 4.78 is 6.16. The van der Waals surface area contributed by atoms with Crippen LogP contribution in [0.15, 0.2) is 9.72 Å². The normalized spacial score (nSPS) is 10.9. The van der Waals surface area contributed by atoms with Crippen molar-refractivity contribution >= 4 is 23.1 Å². The molecular formula is C11H20N2OS2. The average molecular weight is 260 g/mol. The fraction of sp³-hybridized carbons (Fsp3) is 0.727. The van der Waals surface area contributed by atoms with E-state index in [0.29, 0.717) is 0 Å². The Labute approximate surface area is 106 Å². The quantitative estimate of drug-likeness (QED) is 0.546. The molecule has 0 spiro atoms. The van der Waals surface area contributed by atoms with Gasteiger partial charge < -0.3 is 10.1 Å². The van der Waals surface area contributed by atoms with E-state index in [-0.39, 0.29) is 0 Å². The minimum absolute atomic E-state index is 0.799. The van der Waals surface area contributed by atoms with Gasteiger partial charge in [-0.15, -0.1) is 11.3 Å². The Hall–Kier alpha value is -0.100. The van der Waals surface area contributed by atoms with Gasteiger partial charge in [-0.2, -0.15) is 0 Å². The zero-order chi connectivity index (χ0) is 11.6. The van der Waals surface area contributed by atoms with Gasteiger partial charge >= 0.3 is 0 Å². The van der Waals surface area contributed by atoms with Crippen LogP contribution in [0.5, 0.6) is 0 Å². The number of nitrogens with zero attached hydrogens (tertiary/aromatic N) is 1. The van der Waals surface area contributed by atoms with E-state index in [1.165, 1.54) is 22.9 Å². The molecule has 0 saturated carbocycles. The predicted molar refractivity (Wildman–Crippen MR) is 71.6 cm³/mol. The van der Waals surface area contributed by atoms with Gasteiger partial charge in [0.2, 0.25) is 0 Å². The maximum atomic E-state index is 4.96. The van der Waals surface area contributed by atoms with Crippen LogP contribution in [0.4, 0.5) is 0 Å². The molecule has 0 fully saturated rings. The molecule has 1 aromatic rings. The monoisotopic (exact) mass is 260 g/mol. The number of thiazole rings is 1. The van der Waals surface area contributed by atoms with E-state index in [9.17, 15) is 0 Å². The van der Waals surface area contributed by atoms with Crippen LogP contribution in [0.2, 0.25) is 0 Å². The fourth-order valence-electron chi connectivity index (χ4n) is 1.21. The summed E-state index contributed by atoms with van der Waals surface area (Å²) in [7, 11) is 1.73. The SMILES string of the molecule is COCCNCCCCSc1nc(C)cs1. The third-order valence-electron chi connectivity index (χ3n) is 2.05. The van der Waals surface area contributed by atoms with E-state index in [1.54, 1.807) is 18.4 Å². The van der Waals surface area contributed by atoms with Crippen molar-refractivity contribution in [2.45, 2.75) is 24.1 Å². The molecule has 1 rings (SSSR count). The second kappa shape index (κ2) is 8.98. The Morgan fingerprint density at radius 2 is 2.31 bits per heavy atom. The standard InChI is InChI=1S/C11H20N2OS2/c1-10-9-16-11(13-10)15-8-4-3-5-12-6-7-14-2/h9,12H,3-8H2,1-2H3. The van der Waals surface area contributed by atoms with Crippen LogP contribution in [0.3, 0.4) is 0 Å². The van der Waals surface area contributed by atoms with Crippen molar-refractivity contribution in [3.05, 3.63) is 11.1 Å². The van der Waals surface area contributed by atoms with Crippen molar-refractivity contribution in [3.63, 3.8) is 0 Å². The number of hydrogen-bond acceptors (Lipinski definition) is 5. The lowest BCUT2D eigenvalue weighted by atomic mass is 10.3. The Morgan fingerprint density at radius 1 is 1.44 bits per heavy atom. The highest BCUT2D eigenvalue weighted by Gasteiger charge is 1.98. The first kappa shape index (κ1) is 14.0. The van der Waals surface area contributed by atoms with E-state index < -0.39 is 0 Å². The summed E-state index contributed by atoms with van der Waals surface area (Å²) in [6.45, 7) is 4.88. The Kier molecular flexibility index (Phi) is 7.84. The zero-order valence-corrected chi connectivity index (χ0v) is 11.6. The van der Waals surface area contributed by atoms with E-state index in [1.807, 2.05) is 18.7 Å². The van der Waals surface area contributed by atoms with Gasteiger partial charge in [0.1, 0.15) is 4.34 Å². The smallest absolute Gasteiger partial charge is 0.150 e. The molecule has 0 saturated heterocycles. The zero-order valence-electron chi connectivity index (χ0n) is 9.99. The highest BCUT2D eigenvalue weighted by Crippen LogP contribution is 2.22. The molecular weight excluding hydrogens is 240 g/mol. The van der Waals surface area contributed by atoms with Gasteiger partial charge in [-0.25, -0.2) is 4.98 Å². The first-order valence-corrected chi connectivity index (χ1v) is 7.44. The van der Waals surface area contributed by atoms with Crippen molar-refractivity contribution in [3.8, 4) is 0 Å². The number of thioether (sulfide) groups is 1. The van der Waals surface area contributed by atoms with Gasteiger partial charge in [0.05, 0.1) is 6.61 Å². The van der Waals surface area contributed by atoms with E-state index in [2.05, 4.69) is 15.7 Å². The largest absolute Gasteiger partial charge is 0.383 e. The van der Waals surface area contributed by atoms with Crippen molar-refractivity contribution in [2.75, 3.05) is 32.6 Å². The third kappa shape index (κ3) is 6.48. The molecule has 0 amide bonds. The summed E-state index contributed by atoms with van der Waals surface area (Å²) in [6.07, 6.45) is 2.46. The predicted octanol–water partition coefficient (Wildman–Crippen LogP) is 2.56. The molecule has 1 N–H and O–H groups in total. The van der Waals surface area contributed by atoms with E-state index in [0.717, 1.165) is 25.4 Å². The summed E-state index contributed by atoms with van der Waals surface area (Å²) in [5.41, 5.74) is 1.13. The molecule has 0 bridgehead atoms. The van der Waals surface area contributed by atoms with Crippen molar-refractivity contribution in [1.82, 2.24) is 10.3 Å². The van der Waals surface area contributed by atoms with Crippen LogP contribution in [0.1, 0.15) is 18.5 Å². The lowest BCUT2D eigenvalue weighted by molar-refractivity contribution is 0.199. The van der Waals surface area contributed by atoms with Crippen LogP contribution in [-0.2, 0) is 4.74 Å². The summed E-state index contributed by atoms with van der Waals surface area (Å²) in [6, 6.07) is 0. The molecule has 5 heteroatoms. The van der Waals surface area contributed by atoms with Gasteiger partial charge in [-0.3, -0.25) is 0 Å². The number of hydrogen-bond donors (Lipinski definition) is 1. The third-order valence-corrected chi connectivity index (χ3v) is 4.28. The van der Waals surface area contributed by atoms with Gasteiger partial charge in [0, 0.05) is 30.5 Å². The Balaban J connectivity index is 1.88. The molecule has 0 aliphatic heterocycles. The number of aryl methyl sites for hydroxylation is 1. The van der Waals surface area contributed by atoms with Crippen molar-refractivity contribution in [2.24, 2.45) is 0 Å². The van der Waals surface area contributed by atoms with Crippen LogP contribution >= 0.6 is 23.1 Å². The molecule has 3 nitrogen and oxygen atoms in total. The van der Waals surface area contributed by atoms with Crippen molar-refractivity contribution < 1.29 is 4.74 Å².